The van der Waals surface area contributed by atoms with E-state index >= 15 is 0 Å². The molecule has 10 nitrogen and oxygen atoms in total. The number of nitrogen functional groups attached to an aromatic ring is 1. The fraction of sp³-hybridized carbons (Fsp3) is 0.280. The van der Waals surface area contributed by atoms with Gasteiger partial charge in [0.25, 0.3) is 11.5 Å². The number of carbonyl (C=O) groups excluding carboxylic acids is 2. The average Bonchev–Trinajstić information content (AvgIpc) is 2.84. The molecule has 36 heavy (non-hydrogen) atoms. The van der Waals surface area contributed by atoms with Gasteiger partial charge in [0.15, 0.2) is 0 Å². The molecule has 0 spiro atoms. The zero-order valence-corrected chi connectivity index (χ0v) is 20.1. The van der Waals surface area contributed by atoms with E-state index in [1.54, 1.807) is 31.2 Å². The van der Waals surface area contributed by atoms with E-state index in [0.717, 1.165) is 6.42 Å². The third-order valence-corrected chi connectivity index (χ3v) is 5.53. The minimum Gasteiger partial charge on any atom is -0.383 e. The Bertz CT molecular complexity index is 1350. The number of hydrogen-bond acceptors (Lipinski definition) is 6. The Morgan fingerprint density at radius 3 is 2.42 bits per heavy atom. The van der Waals surface area contributed by atoms with Crippen LogP contribution in [0.2, 0.25) is 0 Å². The molecular weight excluding hydrogens is 467 g/mol. The largest absolute Gasteiger partial charge is 0.383 e. The van der Waals surface area contributed by atoms with Crippen molar-refractivity contribution in [2.24, 2.45) is 0 Å². The predicted octanol–water partition coefficient (Wildman–Crippen LogP) is 2.78. The van der Waals surface area contributed by atoms with Crippen LogP contribution in [0.3, 0.4) is 0 Å². The molecule has 3 rings (SSSR count). The van der Waals surface area contributed by atoms with Crippen LogP contribution in [-0.2, 0) is 11.3 Å². The van der Waals surface area contributed by atoms with E-state index < -0.39 is 28.9 Å². The van der Waals surface area contributed by atoms with Gasteiger partial charge in [0.1, 0.15) is 17.3 Å². The minimum atomic E-state index is -0.682. The minimum absolute atomic E-state index is 0.00840. The van der Waals surface area contributed by atoms with Crippen LogP contribution in [0.1, 0.15) is 37.0 Å². The van der Waals surface area contributed by atoms with Gasteiger partial charge in [-0.1, -0.05) is 25.5 Å². The molecule has 2 amide bonds. The number of para-hydroxylation sites is 1. The molecule has 190 valence electrons. The summed E-state index contributed by atoms with van der Waals surface area (Å²) in [5.74, 6) is -1.43. The summed E-state index contributed by atoms with van der Waals surface area (Å²) in [6.07, 6.45) is 1.52. The van der Waals surface area contributed by atoms with Crippen molar-refractivity contribution in [2.45, 2.75) is 33.2 Å². The second kappa shape index (κ2) is 11.8. The van der Waals surface area contributed by atoms with Crippen molar-refractivity contribution in [1.29, 1.82) is 0 Å². The summed E-state index contributed by atoms with van der Waals surface area (Å²) in [7, 11) is 0. The van der Waals surface area contributed by atoms with Gasteiger partial charge in [-0.3, -0.25) is 23.9 Å². The monoisotopic (exact) mass is 496 g/mol. The van der Waals surface area contributed by atoms with Gasteiger partial charge in [-0.05, 0) is 49.7 Å². The number of rotatable bonds is 10. The number of unbranched alkanes of at least 4 members (excludes halogenated alkanes) is 1. The van der Waals surface area contributed by atoms with E-state index in [9.17, 15) is 23.6 Å². The third kappa shape index (κ3) is 6.17. The molecule has 1 aromatic heterocycles. The molecule has 0 fully saturated rings. The quantitative estimate of drug-likeness (QED) is 0.340. The number of benzene rings is 2. The van der Waals surface area contributed by atoms with E-state index in [4.69, 9.17) is 5.73 Å². The fourth-order valence-electron chi connectivity index (χ4n) is 3.66. The average molecular weight is 497 g/mol. The molecule has 2 aromatic carbocycles. The Hall–Kier alpha value is -4.41. The molecule has 0 bridgehead atoms. The number of amides is 2. The summed E-state index contributed by atoms with van der Waals surface area (Å²) >= 11 is 0. The van der Waals surface area contributed by atoms with E-state index in [1.165, 1.54) is 33.7 Å². The summed E-state index contributed by atoms with van der Waals surface area (Å²) in [6, 6.07) is 11.7. The van der Waals surface area contributed by atoms with Gasteiger partial charge in [-0.25, -0.2) is 9.18 Å². The molecule has 0 aliphatic carbocycles. The highest BCUT2D eigenvalue weighted by atomic mass is 19.1. The lowest BCUT2D eigenvalue weighted by Gasteiger charge is -2.24. The second-order valence-corrected chi connectivity index (χ2v) is 8.07. The number of halogens is 1. The molecular formula is C25H29FN6O4. The van der Waals surface area contributed by atoms with Gasteiger partial charge in [-0.15, -0.1) is 0 Å². The van der Waals surface area contributed by atoms with Crippen molar-refractivity contribution in [3.8, 4) is 0 Å². The zero-order chi connectivity index (χ0) is 26.2. The van der Waals surface area contributed by atoms with Crippen molar-refractivity contribution >= 4 is 34.7 Å². The zero-order valence-electron chi connectivity index (χ0n) is 20.1. The van der Waals surface area contributed by atoms with E-state index in [1.807, 2.05) is 6.92 Å². The number of aromatic amines is 1. The second-order valence-electron chi connectivity index (χ2n) is 8.07. The van der Waals surface area contributed by atoms with Crippen LogP contribution in [0, 0.1) is 5.82 Å². The molecule has 0 atom stereocenters. The summed E-state index contributed by atoms with van der Waals surface area (Å²) in [5.41, 5.74) is 5.77. The number of nitrogens with one attached hydrogen (secondary N) is 3. The summed E-state index contributed by atoms with van der Waals surface area (Å²) < 4.78 is 14.4. The van der Waals surface area contributed by atoms with Crippen LogP contribution < -0.4 is 32.5 Å². The SMILES string of the molecule is CCCCn1c(N)c(N(CC)CC(=O)Nc2ccccc2C(=O)Nc2ccc(F)cc2)c(=O)[nH]c1=O. The molecule has 0 saturated carbocycles. The van der Waals surface area contributed by atoms with E-state index in [0.29, 0.717) is 18.7 Å². The van der Waals surface area contributed by atoms with Crippen molar-refractivity contribution in [1.82, 2.24) is 9.55 Å². The highest BCUT2D eigenvalue weighted by Gasteiger charge is 2.21. The van der Waals surface area contributed by atoms with Gasteiger partial charge >= 0.3 is 5.69 Å². The number of H-pyrrole nitrogens is 1. The number of likely N-dealkylation sites (N-methyl/N-ethyl adjacent to an activating group) is 1. The first kappa shape index (κ1) is 26.2. The van der Waals surface area contributed by atoms with Crippen LogP contribution >= 0.6 is 0 Å². The molecule has 0 saturated heterocycles. The number of hydrogen-bond donors (Lipinski definition) is 4. The molecule has 3 aromatic rings. The molecule has 0 radical (unpaired) electrons. The van der Waals surface area contributed by atoms with Crippen LogP contribution in [0.25, 0.3) is 0 Å². The first-order valence-electron chi connectivity index (χ1n) is 11.6. The van der Waals surface area contributed by atoms with Crippen LogP contribution in [0.4, 0.5) is 27.3 Å². The van der Waals surface area contributed by atoms with Crippen LogP contribution in [-0.4, -0.2) is 34.5 Å². The van der Waals surface area contributed by atoms with Crippen molar-refractivity contribution in [3.63, 3.8) is 0 Å². The first-order chi connectivity index (χ1) is 17.2. The summed E-state index contributed by atoms with van der Waals surface area (Å²) in [5, 5.41) is 5.36. The van der Waals surface area contributed by atoms with Crippen molar-refractivity contribution in [2.75, 3.05) is 34.4 Å². The normalized spacial score (nSPS) is 10.6. The van der Waals surface area contributed by atoms with Crippen LogP contribution in [0.5, 0.6) is 0 Å². The highest BCUT2D eigenvalue weighted by Crippen LogP contribution is 2.20. The van der Waals surface area contributed by atoms with Gasteiger partial charge in [-0.2, -0.15) is 0 Å². The van der Waals surface area contributed by atoms with Crippen molar-refractivity contribution < 1.29 is 14.0 Å². The Morgan fingerprint density at radius 1 is 1.06 bits per heavy atom. The number of carbonyl (C=O) groups is 2. The van der Waals surface area contributed by atoms with E-state index in [-0.39, 0.29) is 35.8 Å². The maximum Gasteiger partial charge on any atom is 0.330 e. The lowest BCUT2D eigenvalue weighted by molar-refractivity contribution is -0.115. The molecule has 0 unspecified atom stereocenters. The van der Waals surface area contributed by atoms with E-state index in [2.05, 4.69) is 15.6 Å². The topological polar surface area (TPSA) is 142 Å². The molecule has 0 aliphatic rings. The Labute approximate surface area is 206 Å². The molecule has 1 heterocycles. The highest BCUT2D eigenvalue weighted by molar-refractivity contribution is 6.10. The standard InChI is InChI=1S/C25H29FN6O4/c1-3-5-14-32-22(27)21(24(35)30-25(32)36)31(4-2)15-20(33)29-19-9-7-6-8-18(19)23(34)28-17-12-10-16(26)11-13-17/h6-13H,3-5,14-15,27H2,1-2H3,(H,28,34)(H,29,33)(H,30,35,36). The number of anilines is 4. The first-order valence-corrected chi connectivity index (χ1v) is 11.6. The lowest BCUT2D eigenvalue weighted by atomic mass is 10.1. The van der Waals surface area contributed by atoms with Gasteiger partial charge in [0.05, 0.1) is 17.8 Å². The van der Waals surface area contributed by atoms with Gasteiger partial charge in [0, 0.05) is 18.8 Å². The third-order valence-electron chi connectivity index (χ3n) is 5.53. The maximum absolute atomic E-state index is 13.1. The molecule has 11 heteroatoms. The van der Waals surface area contributed by atoms with Crippen molar-refractivity contribution in [3.05, 3.63) is 80.7 Å². The molecule has 5 N–H and O–H groups in total. The lowest BCUT2D eigenvalue weighted by Crippen LogP contribution is -2.41. The Morgan fingerprint density at radius 2 is 1.75 bits per heavy atom. The Balaban J connectivity index is 1.80. The summed E-state index contributed by atoms with van der Waals surface area (Å²) in [6.45, 7) is 4.07. The number of aromatic nitrogens is 2. The molecule has 0 aliphatic heterocycles. The predicted molar refractivity (Wildman–Crippen MR) is 138 cm³/mol. The summed E-state index contributed by atoms with van der Waals surface area (Å²) in [4.78, 5) is 54.2. The van der Waals surface area contributed by atoms with Gasteiger partial charge in [0.2, 0.25) is 5.91 Å². The number of nitrogens with zero attached hydrogens (tertiary/aromatic N) is 2. The Kier molecular flexibility index (Phi) is 8.61. The fourth-order valence-corrected chi connectivity index (χ4v) is 3.66. The van der Waals surface area contributed by atoms with Gasteiger partial charge < -0.3 is 21.3 Å². The number of nitrogens with two attached hydrogens (primary N) is 1. The smallest absolute Gasteiger partial charge is 0.330 e. The van der Waals surface area contributed by atoms with Crippen LogP contribution in [0.15, 0.2) is 58.1 Å². The maximum atomic E-state index is 13.1.